The molecule has 2 heterocycles. The molecule has 2 aromatic rings. The lowest BCUT2D eigenvalue weighted by atomic mass is 10.1. The van der Waals surface area contributed by atoms with Gasteiger partial charge in [0.05, 0.1) is 18.0 Å². The van der Waals surface area contributed by atoms with Crippen molar-refractivity contribution < 1.29 is 14.4 Å². The first-order valence-electron chi connectivity index (χ1n) is 7.86. The molecule has 0 saturated carbocycles. The summed E-state index contributed by atoms with van der Waals surface area (Å²) in [6.07, 6.45) is 0.233. The molecule has 1 aliphatic rings. The Hall–Kier alpha value is -2.74. The molecule has 1 aliphatic heterocycles. The number of benzene rings is 1. The van der Waals surface area contributed by atoms with Gasteiger partial charge in [-0.2, -0.15) is 0 Å². The van der Waals surface area contributed by atoms with Crippen LogP contribution in [0.5, 0.6) is 0 Å². The molecule has 1 atom stereocenters. The van der Waals surface area contributed by atoms with E-state index >= 15 is 0 Å². The van der Waals surface area contributed by atoms with E-state index in [0.717, 1.165) is 5.56 Å². The van der Waals surface area contributed by atoms with Crippen LogP contribution in [0.4, 0.5) is 5.13 Å². The quantitative estimate of drug-likeness (QED) is 0.808. The zero-order valence-corrected chi connectivity index (χ0v) is 14.3. The average molecular weight is 358 g/mol. The van der Waals surface area contributed by atoms with Gasteiger partial charge in [0.25, 0.3) is 0 Å². The molecule has 3 N–H and O–H groups in total. The molecular weight excluding hydrogens is 340 g/mol. The SMILES string of the molecule is NC(=O)Cc1csc(NC(=O)[C@@H]2CC(=O)N(Cc3ccccc3)C2)n1. The number of carbonyl (C=O) groups excluding carboxylic acids is 3. The van der Waals surface area contributed by atoms with Gasteiger partial charge in [0.2, 0.25) is 17.7 Å². The van der Waals surface area contributed by atoms with Crippen LogP contribution in [-0.4, -0.2) is 34.2 Å². The lowest BCUT2D eigenvalue weighted by Crippen LogP contribution is -2.28. The number of rotatable bonds is 6. The third-order valence-electron chi connectivity index (χ3n) is 3.94. The molecule has 1 aromatic carbocycles. The molecular formula is C17H18N4O3S. The van der Waals surface area contributed by atoms with Crippen molar-refractivity contribution in [1.29, 1.82) is 0 Å². The van der Waals surface area contributed by atoms with Gasteiger partial charge in [-0.15, -0.1) is 11.3 Å². The topological polar surface area (TPSA) is 105 Å². The molecule has 25 heavy (non-hydrogen) atoms. The van der Waals surface area contributed by atoms with Crippen molar-refractivity contribution in [3.63, 3.8) is 0 Å². The first kappa shape index (κ1) is 17.1. The number of primary amides is 1. The van der Waals surface area contributed by atoms with E-state index in [0.29, 0.717) is 23.9 Å². The van der Waals surface area contributed by atoms with Gasteiger partial charge in [0.1, 0.15) is 0 Å². The van der Waals surface area contributed by atoms with Gasteiger partial charge in [-0.1, -0.05) is 30.3 Å². The molecule has 1 aromatic heterocycles. The fourth-order valence-electron chi connectivity index (χ4n) is 2.74. The number of nitrogens with two attached hydrogens (primary N) is 1. The monoisotopic (exact) mass is 358 g/mol. The Kier molecular flexibility index (Phi) is 5.08. The lowest BCUT2D eigenvalue weighted by Gasteiger charge is -2.16. The van der Waals surface area contributed by atoms with E-state index in [4.69, 9.17) is 5.73 Å². The summed E-state index contributed by atoms with van der Waals surface area (Å²) in [4.78, 5) is 41.3. The zero-order valence-electron chi connectivity index (χ0n) is 13.5. The molecule has 0 bridgehead atoms. The largest absolute Gasteiger partial charge is 0.369 e. The molecule has 8 heteroatoms. The molecule has 1 saturated heterocycles. The number of nitrogens with one attached hydrogen (secondary N) is 1. The summed E-state index contributed by atoms with van der Waals surface area (Å²) in [6.45, 7) is 0.891. The molecule has 0 unspecified atom stereocenters. The van der Waals surface area contributed by atoms with Crippen molar-refractivity contribution in [1.82, 2.24) is 9.88 Å². The highest BCUT2D eigenvalue weighted by atomic mass is 32.1. The number of hydrogen-bond donors (Lipinski definition) is 2. The van der Waals surface area contributed by atoms with E-state index in [1.54, 1.807) is 10.3 Å². The van der Waals surface area contributed by atoms with Gasteiger partial charge in [0.15, 0.2) is 5.13 Å². The summed E-state index contributed by atoms with van der Waals surface area (Å²) in [7, 11) is 0. The summed E-state index contributed by atoms with van der Waals surface area (Å²) >= 11 is 1.23. The number of anilines is 1. The highest BCUT2D eigenvalue weighted by Gasteiger charge is 2.34. The van der Waals surface area contributed by atoms with Gasteiger partial charge in [-0.3, -0.25) is 14.4 Å². The molecule has 0 aliphatic carbocycles. The number of hydrogen-bond acceptors (Lipinski definition) is 5. The van der Waals surface area contributed by atoms with Crippen molar-refractivity contribution in [3.8, 4) is 0 Å². The predicted octanol–water partition coefficient (Wildman–Crippen LogP) is 1.16. The van der Waals surface area contributed by atoms with Crippen LogP contribution in [0.25, 0.3) is 0 Å². The number of amides is 3. The van der Waals surface area contributed by atoms with Gasteiger partial charge < -0.3 is 16.0 Å². The lowest BCUT2D eigenvalue weighted by molar-refractivity contribution is -0.128. The molecule has 0 spiro atoms. The second-order valence-corrected chi connectivity index (χ2v) is 6.80. The van der Waals surface area contributed by atoms with Crippen molar-refractivity contribution >= 4 is 34.2 Å². The maximum absolute atomic E-state index is 12.4. The molecule has 7 nitrogen and oxygen atoms in total. The first-order valence-corrected chi connectivity index (χ1v) is 8.74. The third kappa shape index (κ3) is 4.42. The summed E-state index contributed by atoms with van der Waals surface area (Å²) in [5, 5.41) is 4.81. The van der Waals surface area contributed by atoms with Crippen molar-refractivity contribution in [2.45, 2.75) is 19.4 Å². The normalized spacial score (nSPS) is 16.9. The number of likely N-dealkylation sites (tertiary alicyclic amines) is 1. The third-order valence-corrected chi connectivity index (χ3v) is 4.75. The van der Waals surface area contributed by atoms with E-state index in [2.05, 4.69) is 10.3 Å². The Morgan fingerprint density at radius 3 is 2.80 bits per heavy atom. The van der Waals surface area contributed by atoms with E-state index in [9.17, 15) is 14.4 Å². The Morgan fingerprint density at radius 2 is 2.08 bits per heavy atom. The molecule has 3 rings (SSSR count). The van der Waals surface area contributed by atoms with Crippen LogP contribution >= 0.6 is 11.3 Å². The molecule has 130 valence electrons. The van der Waals surface area contributed by atoms with Crippen molar-refractivity contribution in [3.05, 3.63) is 47.0 Å². The average Bonchev–Trinajstić information content (AvgIpc) is 3.15. The maximum atomic E-state index is 12.4. The van der Waals surface area contributed by atoms with Crippen LogP contribution in [0.15, 0.2) is 35.7 Å². The van der Waals surface area contributed by atoms with Gasteiger partial charge in [-0.25, -0.2) is 4.98 Å². The van der Waals surface area contributed by atoms with Gasteiger partial charge >= 0.3 is 0 Å². The van der Waals surface area contributed by atoms with Crippen LogP contribution in [-0.2, 0) is 27.3 Å². The van der Waals surface area contributed by atoms with Crippen LogP contribution in [0, 0.1) is 5.92 Å². The van der Waals surface area contributed by atoms with Crippen LogP contribution in [0.1, 0.15) is 17.7 Å². The van der Waals surface area contributed by atoms with E-state index in [1.165, 1.54) is 11.3 Å². The van der Waals surface area contributed by atoms with E-state index < -0.39 is 11.8 Å². The maximum Gasteiger partial charge on any atom is 0.231 e. The van der Waals surface area contributed by atoms with Gasteiger partial charge in [0, 0.05) is 24.9 Å². The highest BCUT2D eigenvalue weighted by Crippen LogP contribution is 2.23. The minimum atomic E-state index is -0.471. The summed E-state index contributed by atoms with van der Waals surface area (Å²) in [6, 6.07) is 9.68. The summed E-state index contributed by atoms with van der Waals surface area (Å²) in [5.41, 5.74) is 6.69. The molecule has 1 fully saturated rings. The number of carbonyl (C=O) groups is 3. The Bertz CT molecular complexity index is 790. The zero-order chi connectivity index (χ0) is 17.8. The summed E-state index contributed by atoms with van der Waals surface area (Å²) < 4.78 is 0. The minimum Gasteiger partial charge on any atom is -0.369 e. The number of thiazole rings is 1. The standard InChI is InChI=1S/C17H18N4O3S/c18-14(22)7-13-10-25-17(19-13)20-16(24)12-6-15(23)21(9-12)8-11-4-2-1-3-5-11/h1-5,10,12H,6-9H2,(H2,18,22)(H,19,20,24)/t12-/m1/s1. The van der Waals surface area contributed by atoms with Gasteiger partial charge in [-0.05, 0) is 5.56 Å². The second kappa shape index (κ2) is 7.43. The fraction of sp³-hybridized carbons (Fsp3) is 0.294. The van der Waals surface area contributed by atoms with Crippen LogP contribution in [0.3, 0.4) is 0 Å². The van der Waals surface area contributed by atoms with E-state index in [1.807, 2.05) is 30.3 Å². The molecule has 0 radical (unpaired) electrons. The van der Waals surface area contributed by atoms with Crippen LogP contribution in [0.2, 0.25) is 0 Å². The van der Waals surface area contributed by atoms with E-state index in [-0.39, 0.29) is 24.7 Å². The smallest absolute Gasteiger partial charge is 0.231 e. The number of aromatic nitrogens is 1. The van der Waals surface area contributed by atoms with Crippen LogP contribution < -0.4 is 11.1 Å². The second-order valence-electron chi connectivity index (χ2n) is 5.94. The van der Waals surface area contributed by atoms with Crippen molar-refractivity contribution in [2.24, 2.45) is 11.7 Å². The Morgan fingerprint density at radius 1 is 1.32 bits per heavy atom. The first-order chi connectivity index (χ1) is 12.0. The molecule has 3 amide bonds. The Labute approximate surface area is 148 Å². The predicted molar refractivity (Wildman–Crippen MR) is 93.6 cm³/mol. The minimum absolute atomic E-state index is 0.0300. The number of nitrogens with zero attached hydrogens (tertiary/aromatic N) is 2. The Balaban J connectivity index is 1.57. The fourth-order valence-corrected chi connectivity index (χ4v) is 3.45. The van der Waals surface area contributed by atoms with Crippen molar-refractivity contribution in [2.75, 3.05) is 11.9 Å². The highest BCUT2D eigenvalue weighted by molar-refractivity contribution is 7.13. The summed E-state index contributed by atoms with van der Waals surface area (Å²) in [5.74, 6) is -1.14.